The number of carboxylic acids is 2. The van der Waals surface area contributed by atoms with Crippen LogP contribution in [-0.2, 0) is 14.4 Å². The van der Waals surface area contributed by atoms with Crippen molar-refractivity contribution in [2.75, 3.05) is 6.61 Å². The first-order chi connectivity index (χ1) is 7.22. The highest BCUT2D eigenvalue weighted by molar-refractivity contribution is 6.32. The number of hydrogen-bond acceptors (Lipinski definition) is 5. The van der Waals surface area contributed by atoms with Gasteiger partial charge < -0.3 is 21.1 Å². The van der Waals surface area contributed by atoms with Crippen LogP contribution in [0.15, 0.2) is 0 Å². The summed E-state index contributed by atoms with van der Waals surface area (Å²) in [4.78, 5) is 29.9. The van der Waals surface area contributed by atoms with Crippen LogP contribution in [0.1, 0.15) is 20.3 Å². The largest absolute Gasteiger partial charge is 0.480 e. The van der Waals surface area contributed by atoms with Gasteiger partial charge in [0.1, 0.15) is 6.04 Å². The third kappa shape index (κ3) is 10.6. The molecular weight excluding hydrogens is 218 g/mol. The first-order valence-electron chi connectivity index (χ1n) is 4.57. The zero-order valence-corrected chi connectivity index (χ0v) is 9.21. The minimum absolute atomic E-state index is 0.133. The Balaban J connectivity index is 0. The van der Waals surface area contributed by atoms with Crippen LogP contribution in [0.4, 0.5) is 0 Å². The standard InChI is InChI=1S/C6H10O3.C3H7NO3/c1-4(2)3-5(7)6(8)9;4-2(1-5)3(6)7/h4H,3H2,1-2H3,(H,8,9);2,5H,1,4H2,(H,6,7)/t;2-/m.0/s1. The maximum atomic E-state index is 10.4. The molecule has 0 heterocycles. The third-order valence-corrected chi connectivity index (χ3v) is 1.35. The lowest BCUT2D eigenvalue weighted by Gasteiger charge is -1.97. The number of aliphatic carboxylic acids is 2. The van der Waals surface area contributed by atoms with E-state index < -0.39 is 30.4 Å². The lowest BCUT2D eigenvalue weighted by atomic mass is 10.1. The molecule has 7 nitrogen and oxygen atoms in total. The predicted octanol–water partition coefficient (Wildman–Crippen LogP) is -0.923. The first kappa shape index (κ1) is 16.9. The number of aliphatic hydroxyl groups is 1. The van der Waals surface area contributed by atoms with Gasteiger partial charge in [0.25, 0.3) is 0 Å². The zero-order chi connectivity index (χ0) is 13.3. The molecule has 0 aliphatic heterocycles. The van der Waals surface area contributed by atoms with E-state index in [1.165, 1.54) is 0 Å². The molecule has 0 amide bonds. The van der Waals surface area contributed by atoms with E-state index in [0.717, 1.165) is 0 Å². The number of carboxylic acid groups (broad SMARTS) is 2. The van der Waals surface area contributed by atoms with E-state index in [0.29, 0.717) is 0 Å². The van der Waals surface area contributed by atoms with Crippen molar-refractivity contribution in [3.8, 4) is 0 Å². The van der Waals surface area contributed by atoms with Gasteiger partial charge in [-0.3, -0.25) is 9.59 Å². The molecule has 0 rings (SSSR count). The highest BCUT2D eigenvalue weighted by Crippen LogP contribution is 1.99. The molecule has 0 bridgehead atoms. The summed E-state index contributed by atoms with van der Waals surface area (Å²) < 4.78 is 0. The SMILES string of the molecule is CC(C)CC(=O)C(=O)O.N[C@@H](CO)C(=O)O. The number of nitrogens with two attached hydrogens (primary N) is 1. The molecule has 0 spiro atoms. The lowest BCUT2D eigenvalue weighted by molar-refractivity contribution is -0.149. The van der Waals surface area contributed by atoms with E-state index in [-0.39, 0.29) is 12.3 Å². The van der Waals surface area contributed by atoms with E-state index in [2.05, 4.69) is 0 Å². The summed E-state index contributed by atoms with van der Waals surface area (Å²) in [5, 5.41) is 24.0. The second-order valence-electron chi connectivity index (χ2n) is 3.45. The van der Waals surface area contributed by atoms with Gasteiger partial charge in [-0.05, 0) is 5.92 Å². The molecule has 1 atom stereocenters. The molecule has 0 aliphatic carbocycles. The van der Waals surface area contributed by atoms with Crippen LogP contribution in [-0.4, -0.2) is 45.7 Å². The van der Waals surface area contributed by atoms with Gasteiger partial charge in [0.15, 0.2) is 0 Å². The topological polar surface area (TPSA) is 138 Å². The summed E-state index contributed by atoms with van der Waals surface area (Å²) in [6, 6.07) is -1.13. The molecule has 0 aromatic heterocycles. The molecule has 0 aromatic carbocycles. The third-order valence-electron chi connectivity index (χ3n) is 1.35. The van der Waals surface area contributed by atoms with Gasteiger partial charge in [-0.2, -0.15) is 0 Å². The maximum Gasteiger partial charge on any atom is 0.372 e. The smallest absolute Gasteiger partial charge is 0.372 e. The molecule has 94 valence electrons. The minimum Gasteiger partial charge on any atom is -0.480 e. The second-order valence-corrected chi connectivity index (χ2v) is 3.45. The van der Waals surface area contributed by atoms with Crippen LogP contribution in [0.25, 0.3) is 0 Å². The summed E-state index contributed by atoms with van der Waals surface area (Å²) in [6.45, 7) is 3.11. The lowest BCUT2D eigenvalue weighted by Crippen LogP contribution is -2.33. The summed E-state index contributed by atoms with van der Waals surface area (Å²) in [5.41, 5.74) is 4.77. The fraction of sp³-hybridized carbons (Fsp3) is 0.667. The molecular formula is C9H17NO6. The van der Waals surface area contributed by atoms with Gasteiger partial charge in [0, 0.05) is 6.42 Å². The van der Waals surface area contributed by atoms with E-state index in [1.54, 1.807) is 13.8 Å². The van der Waals surface area contributed by atoms with Gasteiger partial charge in [-0.25, -0.2) is 4.79 Å². The Hall–Kier alpha value is -1.47. The molecule has 0 unspecified atom stereocenters. The van der Waals surface area contributed by atoms with Crippen LogP contribution in [0.3, 0.4) is 0 Å². The average molecular weight is 235 g/mol. The van der Waals surface area contributed by atoms with Crippen molar-refractivity contribution in [3.05, 3.63) is 0 Å². The van der Waals surface area contributed by atoms with Crippen molar-refractivity contribution in [2.45, 2.75) is 26.3 Å². The number of rotatable bonds is 5. The Labute approximate surface area is 92.9 Å². The van der Waals surface area contributed by atoms with Crippen LogP contribution in [0.2, 0.25) is 0 Å². The monoisotopic (exact) mass is 235 g/mol. The fourth-order valence-corrected chi connectivity index (χ4v) is 0.536. The number of ketones is 1. The number of carbonyl (C=O) groups excluding carboxylic acids is 1. The minimum atomic E-state index is -1.33. The van der Waals surface area contributed by atoms with E-state index >= 15 is 0 Å². The van der Waals surface area contributed by atoms with Crippen molar-refractivity contribution in [1.29, 1.82) is 0 Å². The van der Waals surface area contributed by atoms with Gasteiger partial charge in [0.2, 0.25) is 5.78 Å². The second kappa shape index (κ2) is 8.81. The quantitative estimate of drug-likeness (QED) is 0.452. The Kier molecular flexibility index (Phi) is 9.33. The molecule has 0 saturated carbocycles. The number of carbonyl (C=O) groups is 3. The summed E-state index contributed by atoms with van der Waals surface area (Å²) in [7, 11) is 0. The molecule has 0 aliphatic rings. The Bertz CT molecular complexity index is 250. The van der Waals surface area contributed by atoms with Gasteiger partial charge in [-0.1, -0.05) is 13.8 Å². The first-order valence-corrected chi connectivity index (χ1v) is 4.57. The zero-order valence-electron chi connectivity index (χ0n) is 9.21. The van der Waals surface area contributed by atoms with Crippen LogP contribution < -0.4 is 5.73 Å². The van der Waals surface area contributed by atoms with Gasteiger partial charge in [0.05, 0.1) is 6.61 Å². The summed E-state index contributed by atoms with van der Waals surface area (Å²) in [5.74, 6) is -3.08. The van der Waals surface area contributed by atoms with Crippen molar-refractivity contribution in [3.63, 3.8) is 0 Å². The normalized spacial score (nSPS) is 11.3. The molecule has 16 heavy (non-hydrogen) atoms. The number of Topliss-reactive ketones (excluding diaryl/α,β-unsaturated/α-hetero) is 1. The van der Waals surface area contributed by atoms with Crippen LogP contribution in [0.5, 0.6) is 0 Å². The fourth-order valence-electron chi connectivity index (χ4n) is 0.536. The van der Waals surface area contributed by atoms with Crippen LogP contribution >= 0.6 is 0 Å². The Morgan fingerprint density at radius 1 is 1.19 bits per heavy atom. The average Bonchev–Trinajstić information content (AvgIpc) is 2.16. The summed E-state index contributed by atoms with van der Waals surface area (Å²) >= 11 is 0. The molecule has 0 saturated heterocycles. The Morgan fingerprint density at radius 3 is 1.69 bits per heavy atom. The van der Waals surface area contributed by atoms with Gasteiger partial charge in [-0.15, -0.1) is 0 Å². The highest BCUT2D eigenvalue weighted by Gasteiger charge is 2.11. The van der Waals surface area contributed by atoms with Crippen molar-refractivity contribution in [2.24, 2.45) is 11.7 Å². The number of hydrogen-bond donors (Lipinski definition) is 4. The molecule has 0 fully saturated rings. The van der Waals surface area contributed by atoms with Crippen molar-refractivity contribution >= 4 is 17.7 Å². The molecule has 5 N–H and O–H groups in total. The number of aliphatic hydroxyl groups excluding tert-OH is 1. The van der Waals surface area contributed by atoms with E-state index in [4.69, 9.17) is 21.1 Å². The molecule has 7 heteroatoms. The van der Waals surface area contributed by atoms with Gasteiger partial charge >= 0.3 is 11.9 Å². The van der Waals surface area contributed by atoms with Crippen molar-refractivity contribution in [1.82, 2.24) is 0 Å². The Morgan fingerprint density at radius 2 is 1.62 bits per heavy atom. The van der Waals surface area contributed by atoms with E-state index in [9.17, 15) is 14.4 Å². The molecule has 0 aromatic rings. The van der Waals surface area contributed by atoms with E-state index in [1.807, 2.05) is 0 Å². The summed E-state index contributed by atoms with van der Waals surface area (Å²) in [6.07, 6.45) is 0.134. The van der Waals surface area contributed by atoms with Crippen LogP contribution in [0, 0.1) is 5.92 Å². The highest BCUT2D eigenvalue weighted by atomic mass is 16.4. The predicted molar refractivity (Wildman–Crippen MR) is 54.8 cm³/mol. The molecule has 0 radical (unpaired) electrons. The van der Waals surface area contributed by atoms with Crippen molar-refractivity contribution < 1.29 is 29.7 Å². The maximum absolute atomic E-state index is 10.4.